The highest BCUT2D eigenvalue weighted by Gasteiger charge is 2.21. The Morgan fingerprint density at radius 1 is 1.14 bits per heavy atom. The maximum atomic E-state index is 12.5. The molecule has 152 valence electrons. The number of hydrogen-bond donors (Lipinski definition) is 0. The normalized spacial score (nSPS) is 12.1. The standard InChI is InChI=1S/C20H27N3O4S/c1-6-23(7-2)28(25,26)18-11-8-17(9-12-18)10-13-20(24)22(5)14-19-15(3)21-27-16(19)4/h8-13H,6-7,14H2,1-5H3/b13-10+. The van der Waals surface area contributed by atoms with Gasteiger partial charge in [0.25, 0.3) is 0 Å². The fourth-order valence-electron chi connectivity index (χ4n) is 2.80. The molecule has 8 heteroatoms. The number of aromatic nitrogens is 1. The van der Waals surface area contributed by atoms with E-state index in [1.807, 2.05) is 27.7 Å². The third-order valence-electron chi connectivity index (χ3n) is 4.59. The lowest BCUT2D eigenvalue weighted by molar-refractivity contribution is -0.125. The van der Waals surface area contributed by atoms with Crippen molar-refractivity contribution < 1.29 is 17.7 Å². The SMILES string of the molecule is CCN(CC)S(=O)(=O)c1ccc(/C=C/C(=O)N(C)Cc2c(C)noc2C)cc1. The van der Waals surface area contributed by atoms with Crippen LogP contribution in [0, 0.1) is 13.8 Å². The number of hydrogen-bond acceptors (Lipinski definition) is 5. The van der Waals surface area contributed by atoms with Gasteiger partial charge >= 0.3 is 0 Å². The van der Waals surface area contributed by atoms with Crippen LogP contribution in [0.3, 0.4) is 0 Å². The van der Waals surface area contributed by atoms with Gasteiger partial charge in [-0.1, -0.05) is 31.1 Å². The van der Waals surface area contributed by atoms with Crippen molar-refractivity contribution >= 4 is 22.0 Å². The fraction of sp³-hybridized carbons (Fsp3) is 0.400. The first-order chi connectivity index (χ1) is 13.2. The number of carbonyl (C=O) groups is 1. The van der Waals surface area contributed by atoms with Crippen molar-refractivity contribution in [3.05, 3.63) is 52.9 Å². The van der Waals surface area contributed by atoms with Gasteiger partial charge in [-0.2, -0.15) is 4.31 Å². The van der Waals surface area contributed by atoms with Crippen LogP contribution in [0.5, 0.6) is 0 Å². The first kappa shape index (κ1) is 21.8. The van der Waals surface area contributed by atoms with E-state index >= 15 is 0 Å². The minimum Gasteiger partial charge on any atom is -0.361 e. The Labute approximate surface area is 166 Å². The molecule has 2 rings (SSSR count). The number of amides is 1. The molecule has 0 aliphatic rings. The number of benzene rings is 1. The molecule has 1 amide bonds. The minimum absolute atomic E-state index is 0.167. The lowest BCUT2D eigenvalue weighted by Gasteiger charge is -2.18. The van der Waals surface area contributed by atoms with Gasteiger partial charge in [-0.3, -0.25) is 4.79 Å². The van der Waals surface area contributed by atoms with E-state index in [2.05, 4.69) is 5.16 Å². The summed E-state index contributed by atoms with van der Waals surface area (Å²) in [6.45, 7) is 8.53. The van der Waals surface area contributed by atoms with Crippen LogP contribution >= 0.6 is 0 Å². The minimum atomic E-state index is -3.48. The molecule has 0 saturated heterocycles. The topological polar surface area (TPSA) is 83.7 Å². The Bertz CT molecular complexity index is 923. The molecule has 0 aliphatic carbocycles. The van der Waals surface area contributed by atoms with Gasteiger partial charge in [-0.15, -0.1) is 0 Å². The Kier molecular flexibility index (Phi) is 7.15. The monoisotopic (exact) mass is 405 g/mol. The lowest BCUT2D eigenvalue weighted by Crippen LogP contribution is -2.30. The lowest BCUT2D eigenvalue weighted by atomic mass is 10.2. The zero-order valence-electron chi connectivity index (χ0n) is 17.0. The highest BCUT2D eigenvalue weighted by Crippen LogP contribution is 2.17. The second-order valence-electron chi connectivity index (χ2n) is 6.49. The Morgan fingerprint density at radius 3 is 2.25 bits per heavy atom. The van der Waals surface area contributed by atoms with Gasteiger partial charge in [0.15, 0.2) is 0 Å². The molecule has 1 aromatic heterocycles. The molecule has 28 heavy (non-hydrogen) atoms. The molecule has 7 nitrogen and oxygen atoms in total. The van der Waals surface area contributed by atoms with E-state index in [0.717, 1.165) is 16.8 Å². The summed E-state index contributed by atoms with van der Waals surface area (Å²) in [6, 6.07) is 6.50. The van der Waals surface area contributed by atoms with E-state index < -0.39 is 10.0 Å². The molecular formula is C20H27N3O4S. The van der Waals surface area contributed by atoms with Crippen LogP contribution in [0.15, 0.2) is 39.8 Å². The summed E-state index contributed by atoms with van der Waals surface area (Å²) in [5.74, 6) is 0.533. The molecular weight excluding hydrogens is 378 g/mol. The maximum absolute atomic E-state index is 12.5. The van der Waals surface area contributed by atoms with Gasteiger partial charge < -0.3 is 9.42 Å². The molecule has 2 aromatic rings. The Morgan fingerprint density at radius 2 is 1.75 bits per heavy atom. The number of rotatable bonds is 8. The Hall–Kier alpha value is -2.45. The summed E-state index contributed by atoms with van der Waals surface area (Å²) in [4.78, 5) is 14.2. The first-order valence-corrected chi connectivity index (χ1v) is 10.6. The quantitative estimate of drug-likeness (QED) is 0.631. The van der Waals surface area contributed by atoms with Crippen LogP contribution in [0.1, 0.15) is 36.4 Å². The molecule has 0 fully saturated rings. The zero-order chi connectivity index (χ0) is 20.9. The molecule has 0 radical (unpaired) electrons. The van der Waals surface area contributed by atoms with E-state index in [4.69, 9.17) is 4.52 Å². The first-order valence-electron chi connectivity index (χ1n) is 9.15. The van der Waals surface area contributed by atoms with Crippen molar-refractivity contribution in [3.8, 4) is 0 Å². The van der Waals surface area contributed by atoms with E-state index in [-0.39, 0.29) is 10.8 Å². The van der Waals surface area contributed by atoms with Gasteiger partial charge in [0, 0.05) is 31.8 Å². The molecule has 1 aromatic carbocycles. The molecule has 0 aliphatic heterocycles. The average Bonchev–Trinajstić information content (AvgIpc) is 2.99. The fourth-order valence-corrected chi connectivity index (χ4v) is 4.26. The number of nitrogens with zero attached hydrogens (tertiary/aromatic N) is 3. The maximum Gasteiger partial charge on any atom is 0.246 e. The van der Waals surface area contributed by atoms with Gasteiger partial charge in [-0.25, -0.2) is 8.42 Å². The summed E-state index contributed by atoms with van der Waals surface area (Å²) in [5.41, 5.74) is 2.42. The molecule has 1 heterocycles. The van der Waals surface area contributed by atoms with E-state index in [9.17, 15) is 13.2 Å². The number of carbonyl (C=O) groups excluding carboxylic acids is 1. The molecule has 0 saturated carbocycles. The highest BCUT2D eigenvalue weighted by atomic mass is 32.2. The number of sulfonamides is 1. The molecule has 0 spiro atoms. The van der Waals surface area contributed by atoms with E-state index in [1.54, 1.807) is 42.3 Å². The van der Waals surface area contributed by atoms with E-state index in [1.165, 1.54) is 10.4 Å². The average molecular weight is 406 g/mol. The van der Waals surface area contributed by atoms with Crippen LogP contribution in [0.2, 0.25) is 0 Å². The van der Waals surface area contributed by atoms with Crippen LogP contribution < -0.4 is 0 Å². The van der Waals surface area contributed by atoms with Crippen LogP contribution in [-0.4, -0.2) is 48.8 Å². The number of likely N-dealkylation sites (N-methyl/N-ethyl adjacent to an activating group) is 1. The summed E-state index contributed by atoms with van der Waals surface area (Å²) < 4.78 is 31.5. The van der Waals surface area contributed by atoms with Crippen LogP contribution in [0.25, 0.3) is 6.08 Å². The van der Waals surface area contributed by atoms with Gasteiger partial charge in [0.1, 0.15) is 5.76 Å². The van der Waals surface area contributed by atoms with Gasteiger partial charge in [0.05, 0.1) is 17.1 Å². The predicted octanol–water partition coefficient (Wildman–Crippen LogP) is 2.99. The molecule has 0 atom stereocenters. The van der Waals surface area contributed by atoms with Gasteiger partial charge in [-0.05, 0) is 37.6 Å². The number of aryl methyl sites for hydroxylation is 2. The largest absolute Gasteiger partial charge is 0.361 e. The zero-order valence-corrected chi connectivity index (χ0v) is 17.8. The van der Waals surface area contributed by atoms with Crippen molar-refractivity contribution in [1.29, 1.82) is 0 Å². The smallest absolute Gasteiger partial charge is 0.246 e. The third kappa shape index (κ3) is 4.88. The van der Waals surface area contributed by atoms with Crippen molar-refractivity contribution in [2.75, 3.05) is 20.1 Å². The second-order valence-corrected chi connectivity index (χ2v) is 8.43. The van der Waals surface area contributed by atoms with Crippen LogP contribution in [0.4, 0.5) is 0 Å². The van der Waals surface area contributed by atoms with Crippen LogP contribution in [-0.2, 0) is 21.4 Å². The van der Waals surface area contributed by atoms with E-state index in [0.29, 0.717) is 25.4 Å². The highest BCUT2D eigenvalue weighted by molar-refractivity contribution is 7.89. The predicted molar refractivity (Wildman–Crippen MR) is 108 cm³/mol. The Balaban J connectivity index is 2.07. The third-order valence-corrected chi connectivity index (χ3v) is 6.66. The summed E-state index contributed by atoms with van der Waals surface area (Å²) in [7, 11) is -1.77. The molecule has 0 N–H and O–H groups in total. The van der Waals surface area contributed by atoms with Crippen molar-refractivity contribution in [1.82, 2.24) is 14.4 Å². The van der Waals surface area contributed by atoms with Gasteiger partial charge in [0.2, 0.25) is 15.9 Å². The summed E-state index contributed by atoms with van der Waals surface area (Å²) in [6.07, 6.45) is 3.13. The van der Waals surface area contributed by atoms with Crippen molar-refractivity contribution in [3.63, 3.8) is 0 Å². The van der Waals surface area contributed by atoms with Crippen molar-refractivity contribution in [2.45, 2.75) is 39.1 Å². The second kappa shape index (κ2) is 9.16. The molecule has 0 bridgehead atoms. The summed E-state index contributed by atoms with van der Waals surface area (Å²) >= 11 is 0. The van der Waals surface area contributed by atoms with Crippen molar-refractivity contribution in [2.24, 2.45) is 0 Å². The molecule has 0 unspecified atom stereocenters. The summed E-state index contributed by atoms with van der Waals surface area (Å²) in [5, 5.41) is 3.89.